The highest BCUT2D eigenvalue weighted by Gasteiger charge is 2.25. The number of ether oxygens (including phenoxy) is 2. The van der Waals surface area contributed by atoms with Gasteiger partial charge in [-0.2, -0.15) is 0 Å². The molecule has 0 radical (unpaired) electrons. The summed E-state index contributed by atoms with van der Waals surface area (Å²) in [5, 5.41) is 0. The number of methoxy groups -OCH3 is 2. The van der Waals surface area contributed by atoms with E-state index in [2.05, 4.69) is 0 Å². The van der Waals surface area contributed by atoms with Gasteiger partial charge >= 0.3 is 0 Å². The maximum atomic E-state index is 12.1. The van der Waals surface area contributed by atoms with Crippen LogP contribution >= 0.6 is 11.8 Å². The average Bonchev–Trinajstić information content (AvgIpc) is 2.36. The molecule has 0 fully saturated rings. The lowest BCUT2D eigenvalue weighted by atomic mass is 10.2. The van der Waals surface area contributed by atoms with E-state index >= 15 is 0 Å². The Morgan fingerprint density at radius 3 is 2.17 bits per heavy atom. The number of aryl methyl sites for hydroxylation is 1. The third-order valence-corrected chi connectivity index (χ3v) is 4.62. The van der Waals surface area contributed by atoms with E-state index in [0.717, 1.165) is 5.56 Å². The van der Waals surface area contributed by atoms with Crippen molar-refractivity contribution in [2.24, 2.45) is 0 Å². The maximum Gasteiger partial charge on any atom is 0.256 e. The van der Waals surface area contributed by atoms with Crippen molar-refractivity contribution in [2.45, 2.75) is 18.1 Å². The first-order valence-electron chi connectivity index (χ1n) is 5.22. The molecule has 0 aliphatic heterocycles. The Morgan fingerprint density at radius 2 is 1.72 bits per heavy atom. The predicted octanol–water partition coefficient (Wildman–Crippen LogP) is 1.76. The molecule has 18 heavy (non-hydrogen) atoms. The van der Waals surface area contributed by atoms with E-state index in [0.29, 0.717) is 3.82 Å². The predicted molar refractivity (Wildman–Crippen MR) is 68.7 cm³/mol. The lowest BCUT2D eigenvalue weighted by Crippen LogP contribution is -2.32. The molecule has 0 heterocycles. The zero-order chi connectivity index (χ0) is 13.8. The van der Waals surface area contributed by atoms with E-state index in [9.17, 15) is 8.42 Å². The van der Waals surface area contributed by atoms with Gasteiger partial charge in [-0.15, -0.1) is 3.82 Å². The van der Waals surface area contributed by atoms with Gasteiger partial charge < -0.3 is 9.47 Å². The number of nitrogens with zero attached hydrogens (tertiary/aromatic N) is 1. The Hall–Kier alpha value is -0.660. The van der Waals surface area contributed by atoms with Crippen LogP contribution in [0.2, 0.25) is 0 Å². The highest BCUT2D eigenvalue weighted by molar-refractivity contribution is 7.90. The van der Waals surface area contributed by atoms with Gasteiger partial charge in [0.15, 0.2) is 6.29 Å². The molecule has 0 unspecified atom stereocenters. The van der Waals surface area contributed by atoms with Crippen molar-refractivity contribution in [1.29, 1.82) is 0 Å². The molecule has 0 bridgehead atoms. The second-order valence-electron chi connectivity index (χ2n) is 3.69. The SMILES string of the molecule is COC(CN(Cl)S(=O)(=O)c1ccc(C)cc1)OC. The molecule has 0 spiro atoms. The molecular formula is C11H16ClNO4S. The first kappa shape index (κ1) is 15.4. The summed E-state index contributed by atoms with van der Waals surface area (Å²) in [6.07, 6.45) is -0.706. The molecule has 0 aliphatic rings. The van der Waals surface area contributed by atoms with Crippen molar-refractivity contribution in [3.05, 3.63) is 29.8 Å². The summed E-state index contributed by atoms with van der Waals surface area (Å²) in [5.74, 6) is 0. The smallest absolute Gasteiger partial charge is 0.256 e. The van der Waals surface area contributed by atoms with Crippen LogP contribution in [0.5, 0.6) is 0 Å². The van der Waals surface area contributed by atoms with E-state index in [-0.39, 0.29) is 11.4 Å². The van der Waals surface area contributed by atoms with Crippen LogP contribution in [0.1, 0.15) is 5.56 Å². The van der Waals surface area contributed by atoms with Crippen molar-refractivity contribution in [3.8, 4) is 0 Å². The molecule has 1 rings (SSSR count). The van der Waals surface area contributed by atoms with Crippen LogP contribution in [-0.4, -0.2) is 39.3 Å². The summed E-state index contributed by atoms with van der Waals surface area (Å²) in [4.78, 5) is 0.133. The molecule has 7 heteroatoms. The Kier molecular flexibility index (Phi) is 5.55. The van der Waals surface area contributed by atoms with Crippen LogP contribution < -0.4 is 0 Å². The highest BCUT2D eigenvalue weighted by Crippen LogP contribution is 2.18. The monoisotopic (exact) mass is 293 g/mol. The number of sulfonamides is 1. The van der Waals surface area contributed by atoms with E-state index in [1.165, 1.54) is 26.4 Å². The van der Waals surface area contributed by atoms with Crippen LogP contribution in [-0.2, 0) is 19.5 Å². The second-order valence-corrected chi connectivity index (χ2v) is 6.16. The standard InChI is InChI=1S/C11H16ClNO4S/c1-9-4-6-10(7-5-9)18(14,15)13(12)8-11(16-2)17-3/h4-7,11H,8H2,1-3H3. The Morgan fingerprint density at radius 1 is 1.22 bits per heavy atom. The zero-order valence-electron chi connectivity index (χ0n) is 10.5. The minimum Gasteiger partial charge on any atom is -0.354 e. The van der Waals surface area contributed by atoms with Crippen LogP contribution in [0, 0.1) is 6.92 Å². The third-order valence-electron chi connectivity index (χ3n) is 2.40. The first-order chi connectivity index (χ1) is 8.41. The maximum absolute atomic E-state index is 12.1. The number of hydrogen-bond donors (Lipinski definition) is 0. The molecule has 0 aliphatic carbocycles. The Bertz CT molecular complexity index is 470. The van der Waals surface area contributed by atoms with Crippen molar-refractivity contribution in [3.63, 3.8) is 0 Å². The van der Waals surface area contributed by atoms with E-state index < -0.39 is 16.3 Å². The van der Waals surface area contributed by atoms with E-state index in [1.54, 1.807) is 12.1 Å². The van der Waals surface area contributed by atoms with Gasteiger partial charge in [-0.3, -0.25) is 0 Å². The third kappa shape index (κ3) is 3.66. The molecule has 1 aromatic rings. The lowest BCUT2D eigenvalue weighted by Gasteiger charge is -2.19. The van der Waals surface area contributed by atoms with Crippen LogP contribution in [0.15, 0.2) is 29.2 Å². The molecule has 0 atom stereocenters. The van der Waals surface area contributed by atoms with Crippen LogP contribution in [0.25, 0.3) is 0 Å². The summed E-state index contributed by atoms with van der Waals surface area (Å²) in [6.45, 7) is 1.78. The molecule has 0 saturated heterocycles. The van der Waals surface area contributed by atoms with Gasteiger partial charge in [0.25, 0.3) is 10.0 Å². The minimum atomic E-state index is -3.73. The lowest BCUT2D eigenvalue weighted by molar-refractivity contribution is -0.102. The number of hydrogen-bond acceptors (Lipinski definition) is 4. The van der Waals surface area contributed by atoms with Crippen LogP contribution in [0.4, 0.5) is 0 Å². The Balaban J connectivity index is 2.89. The topological polar surface area (TPSA) is 55.8 Å². The molecule has 0 N–H and O–H groups in total. The minimum absolute atomic E-state index is 0.0925. The Labute approximate surface area is 112 Å². The zero-order valence-corrected chi connectivity index (χ0v) is 12.0. The van der Waals surface area contributed by atoms with Gasteiger partial charge in [0.1, 0.15) is 0 Å². The second kappa shape index (κ2) is 6.49. The van der Waals surface area contributed by atoms with Gasteiger partial charge in [0, 0.05) is 14.2 Å². The average molecular weight is 294 g/mol. The normalized spacial score (nSPS) is 12.3. The fraction of sp³-hybridized carbons (Fsp3) is 0.455. The van der Waals surface area contributed by atoms with Crippen molar-refractivity contribution < 1.29 is 17.9 Å². The van der Waals surface area contributed by atoms with Crippen molar-refractivity contribution in [1.82, 2.24) is 3.82 Å². The molecule has 102 valence electrons. The molecular weight excluding hydrogens is 278 g/mol. The fourth-order valence-corrected chi connectivity index (χ4v) is 2.66. The first-order valence-corrected chi connectivity index (χ1v) is 7.00. The van der Waals surface area contributed by atoms with Crippen LogP contribution in [0.3, 0.4) is 0 Å². The number of halogens is 1. The van der Waals surface area contributed by atoms with Gasteiger partial charge in [-0.1, -0.05) is 17.7 Å². The van der Waals surface area contributed by atoms with Gasteiger partial charge in [-0.05, 0) is 30.8 Å². The number of rotatable bonds is 6. The summed E-state index contributed by atoms with van der Waals surface area (Å²) in [7, 11) is -0.904. The fourth-order valence-electron chi connectivity index (χ4n) is 1.29. The van der Waals surface area contributed by atoms with Crippen molar-refractivity contribution in [2.75, 3.05) is 20.8 Å². The van der Waals surface area contributed by atoms with E-state index in [4.69, 9.17) is 21.3 Å². The summed E-state index contributed by atoms with van der Waals surface area (Å²) in [5.41, 5.74) is 0.974. The van der Waals surface area contributed by atoms with Gasteiger partial charge in [0.05, 0.1) is 11.4 Å². The van der Waals surface area contributed by atoms with Gasteiger partial charge in [0.2, 0.25) is 0 Å². The molecule has 0 amide bonds. The summed E-state index contributed by atoms with van der Waals surface area (Å²) in [6, 6.07) is 6.44. The highest BCUT2D eigenvalue weighted by atomic mass is 35.5. The van der Waals surface area contributed by atoms with Crippen molar-refractivity contribution >= 4 is 21.8 Å². The van der Waals surface area contributed by atoms with Gasteiger partial charge in [-0.25, -0.2) is 8.42 Å². The summed E-state index contributed by atoms with van der Waals surface area (Å²) >= 11 is 5.78. The van der Waals surface area contributed by atoms with E-state index in [1.807, 2.05) is 6.92 Å². The molecule has 1 aromatic carbocycles. The molecule has 5 nitrogen and oxygen atoms in total. The largest absolute Gasteiger partial charge is 0.354 e. The quantitative estimate of drug-likeness (QED) is 0.592. The summed E-state index contributed by atoms with van der Waals surface area (Å²) < 4.78 is 34.7. The molecule has 0 saturated carbocycles. The molecule has 0 aromatic heterocycles. The number of benzene rings is 1.